The molecule has 1 aromatic carbocycles. The van der Waals surface area contributed by atoms with E-state index in [1.54, 1.807) is 12.1 Å². The predicted octanol–water partition coefficient (Wildman–Crippen LogP) is 2.40. The lowest BCUT2D eigenvalue weighted by molar-refractivity contribution is -0.159. The van der Waals surface area contributed by atoms with Crippen molar-refractivity contribution in [3.8, 4) is 0 Å². The molecule has 0 amide bonds. The van der Waals surface area contributed by atoms with Gasteiger partial charge in [0.2, 0.25) is 0 Å². The number of benzene rings is 1. The summed E-state index contributed by atoms with van der Waals surface area (Å²) in [4.78, 5) is 13.8. The normalized spacial score (nSPS) is 29.3. The van der Waals surface area contributed by atoms with E-state index < -0.39 is 17.2 Å². The summed E-state index contributed by atoms with van der Waals surface area (Å²) >= 11 is 5.79. The SMILES string of the molecule is O=C(O)[C@]12COCC[C@H]1CN(Cc1ccc(F)c(Cl)c1)C2. The number of rotatable bonds is 3. The average molecular weight is 314 g/mol. The molecule has 0 saturated carbocycles. The van der Waals surface area contributed by atoms with Crippen molar-refractivity contribution in [3.63, 3.8) is 0 Å². The summed E-state index contributed by atoms with van der Waals surface area (Å²) in [6.45, 7) is 2.65. The fraction of sp³-hybridized carbons (Fsp3) is 0.533. The van der Waals surface area contributed by atoms with E-state index in [1.165, 1.54) is 6.07 Å². The number of ether oxygens (including phenoxy) is 1. The molecule has 2 saturated heterocycles. The summed E-state index contributed by atoms with van der Waals surface area (Å²) in [7, 11) is 0. The molecule has 2 heterocycles. The summed E-state index contributed by atoms with van der Waals surface area (Å²) in [6, 6.07) is 4.63. The lowest BCUT2D eigenvalue weighted by atomic mass is 9.76. The average Bonchev–Trinajstić information content (AvgIpc) is 2.82. The summed E-state index contributed by atoms with van der Waals surface area (Å²) in [5.74, 6) is -1.11. The second-order valence-corrected chi connectivity index (χ2v) is 6.32. The zero-order chi connectivity index (χ0) is 15.0. The Morgan fingerprint density at radius 2 is 2.38 bits per heavy atom. The number of hydrogen-bond donors (Lipinski definition) is 1. The molecule has 2 fully saturated rings. The Kier molecular flexibility index (Phi) is 3.90. The van der Waals surface area contributed by atoms with E-state index in [9.17, 15) is 14.3 Å². The number of fused-ring (bicyclic) bond motifs is 1. The molecular formula is C15H17ClFNO3. The predicted molar refractivity (Wildman–Crippen MR) is 75.7 cm³/mol. The summed E-state index contributed by atoms with van der Waals surface area (Å²) in [5.41, 5.74) is 0.0868. The van der Waals surface area contributed by atoms with Crippen LogP contribution in [0.4, 0.5) is 4.39 Å². The third-order valence-corrected chi connectivity index (χ3v) is 4.84. The van der Waals surface area contributed by atoms with Gasteiger partial charge in [0.15, 0.2) is 0 Å². The van der Waals surface area contributed by atoms with Gasteiger partial charge in [0.25, 0.3) is 0 Å². The van der Waals surface area contributed by atoms with Crippen molar-refractivity contribution < 1.29 is 19.0 Å². The number of aliphatic carboxylic acids is 1. The zero-order valence-corrected chi connectivity index (χ0v) is 12.3. The summed E-state index contributed by atoms with van der Waals surface area (Å²) < 4.78 is 18.6. The van der Waals surface area contributed by atoms with E-state index >= 15 is 0 Å². The molecule has 114 valence electrons. The molecule has 0 bridgehead atoms. The van der Waals surface area contributed by atoms with E-state index in [-0.39, 0.29) is 17.5 Å². The molecule has 4 nitrogen and oxygen atoms in total. The van der Waals surface area contributed by atoms with Crippen LogP contribution in [0.2, 0.25) is 5.02 Å². The van der Waals surface area contributed by atoms with Gasteiger partial charge in [0.1, 0.15) is 11.2 Å². The monoisotopic (exact) mass is 313 g/mol. The fourth-order valence-corrected chi connectivity index (χ4v) is 3.61. The van der Waals surface area contributed by atoms with Crippen molar-refractivity contribution in [3.05, 3.63) is 34.6 Å². The summed E-state index contributed by atoms with van der Waals surface area (Å²) in [6.07, 6.45) is 0.771. The molecule has 1 N–H and O–H groups in total. The van der Waals surface area contributed by atoms with E-state index in [4.69, 9.17) is 16.3 Å². The van der Waals surface area contributed by atoms with Gasteiger partial charge in [-0.2, -0.15) is 0 Å². The molecule has 0 aliphatic carbocycles. The molecule has 0 spiro atoms. The van der Waals surface area contributed by atoms with E-state index in [2.05, 4.69) is 4.90 Å². The largest absolute Gasteiger partial charge is 0.481 e. The topological polar surface area (TPSA) is 49.8 Å². The van der Waals surface area contributed by atoms with Gasteiger partial charge in [-0.05, 0) is 30.0 Å². The minimum Gasteiger partial charge on any atom is -0.481 e. The van der Waals surface area contributed by atoms with Crippen molar-refractivity contribution in [2.45, 2.75) is 13.0 Å². The number of carboxylic acid groups (broad SMARTS) is 1. The van der Waals surface area contributed by atoms with Crippen LogP contribution >= 0.6 is 11.6 Å². The molecule has 0 aromatic heterocycles. The molecule has 2 aliphatic rings. The lowest BCUT2D eigenvalue weighted by Crippen LogP contribution is -2.46. The number of nitrogens with zero attached hydrogens (tertiary/aromatic N) is 1. The number of carboxylic acids is 1. The van der Waals surface area contributed by atoms with Gasteiger partial charge in [0.05, 0.1) is 11.6 Å². The Morgan fingerprint density at radius 1 is 1.57 bits per heavy atom. The fourth-order valence-electron chi connectivity index (χ4n) is 3.41. The highest BCUT2D eigenvalue weighted by Gasteiger charge is 2.53. The van der Waals surface area contributed by atoms with Gasteiger partial charge >= 0.3 is 5.97 Å². The van der Waals surface area contributed by atoms with Crippen LogP contribution in [0.15, 0.2) is 18.2 Å². The molecule has 1 aromatic rings. The van der Waals surface area contributed by atoms with Crippen LogP contribution in [0.5, 0.6) is 0 Å². The molecule has 3 rings (SSSR count). The Bertz CT molecular complexity index is 568. The quantitative estimate of drug-likeness (QED) is 0.931. The Morgan fingerprint density at radius 3 is 3.05 bits per heavy atom. The van der Waals surface area contributed by atoms with Gasteiger partial charge in [-0.25, -0.2) is 4.39 Å². The minimum absolute atomic E-state index is 0.0976. The zero-order valence-electron chi connectivity index (χ0n) is 11.5. The van der Waals surface area contributed by atoms with Crippen molar-refractivity contribution >= 4 is 17.6 Å². The first kappa shape index (κ1) is 14.8. The molecule has 6 heteroatoms. The first-order chi connectivity index (χ1) is 10.0. The van der Waals surface area contributed by atoms with Crippen LogP contribution in [0, 0.1) is 17.2 Å². The highest BCUT2D eigenvalue weighted by Crippen LogP contribution is 2.42. The third kappa shape index (κ3) is 2.65. The molecule has 2 aliphatic heterocycles. The van der Waals surface area contributed by atoms with Crippen LogP contribution in [0.1, 0.15) is 12.0 Å². The van der Waals surface area contributed by atoms with Gasteiger partial charge in [-0.3, -0.25) is 9.69 Å². The van der Waals surface area contributed by atoms with Crippen LogP contribution < -0.4 is 0 Å². The van der Waals surface area contributed by atoms with Crippen LogP contribution in [-0.4, -0.2) is 42.3 Å². The van der Waals surface area contributed by atoms with Crippen LogP contribution in [0.25, 0.3) is 0 Å². The number of hydrogen-bond acceptors (Lipinski definition) is 3. The van der Waals surface area contributed by atoms with Gasteiger partial charge in [0, 0.05) is 26.2 Å². The molecule has 21 heavy (non-hydrogen) atoms. The highest BCUT2D eigenvalue weighted by molar-refractivity contribution is 6.30. The maximum absolute atomic E-state index is 13.2. The molecule has 2 atom stereocenters. The number of carbonyl (C=O) groups is 1. The van der Waals surface area contributed by atoms with Crippen LogP contribution in [0.3, 0.4) is 0 Å². The van der Waals surface area contributed by atoms with Crippen molar-refractivity contribution in [2.24, 2.45) is 11.3 Å². The third-order valence-electron chi connectivity index (χ3n) is 4.55. The highest BCUT2D eigenvalue weighted by atomic mass is 35.5. The lowest BCUT2D eigenvalue weighted by Gasteiger charge is -2.34. The van der Waals surface area contributed by atoms with E-state index in [0.717, 1.165) is 18.5 Å². The first-order valence-electron chi connectivity index (χ1n) is 6.99. The van der Waals surface area contributed by atoms with Crippen molar-refractivity contribution in [2.75, 3.05) is 26.3 Å². The standard InChI is InChI=1S/C15H17ClFNO3/c16-12-5-10(1-2-13(12)17)6-18-7-11-3-4-21-9-15(11,8-18)14(19)20/h1-2,5,11H,3-4,6-9H2,(H,19,20)/t11-,15+/m0/s1. The second kappa shape index (κ2) is 5.55. The van der Waals surface area contributed by atoms with Gasteiger partial charge in [-0.15, -0.1) is 0 Å². The summed E-state index contributed by atoms with van der Waals surface area (Å²) in [5, 5.41) is 9.68. The smallest absolute Gasteiger partial charge is 0.313 e. The number of halogens is 2. The van der Waals surface area contributed by atoms with Crippen molar-refractivity contribution in [1.82, 2.24) is 4.90 Å². The van der Waals surface area contributed by atoms with Crippen molar-refractivity contribution in [1.29, 1.82) is 0 Å². The van der Waals surface area contributed by atoms with Gasteiger partial charge in [-0.1, -0.05) is 17.7 Å². The Hall–Kier alpha value is -1.17. The van der Waals surface area contributed by atoms with Gasteiger partial charge < -0.3 is 9.84 Å². The minimum atomic E-state index is -0.803. The second-order valence-electron chi connectivity index (χ2n) is 5.92. The maximum atomic E-state index is 13.2. The molecule has 0 unspecified atom stereocenters. The van der Waals surface area contributed by atoms with E-state index in [1.807, 2.05) is 0 Å². The first-order valence-corrected chi connectivity index (χ1v) is 7.36. The Balaban J connectivity index is 1.76. The van der Waals surface area contributed by atoms with E-state index in [0.29, 0.717) is 19.7 Å². The number of likely N-dealkylation sites (tertiary alicyclic amines) is 1. The van der Waals surface area contributed by atoms with Crippen LogP contribution in [-0.2, 0) is 16.1 Å². The molecule has 0 radical (unpaired) electrons. The molecular weight excluding hydrogens is 297 g/mol. The Labute approximate surface area is 127 Å². The maximum Gasteiger partial charge on any atom is 0.313 e.